The zero-order chi connectivity index (χ0) is 14.7. The van der Waals surface area contributed by atoms with Crippen molar-refractivity contribution < 1.29 is 0 Å². The summed E-state index contributed by atoms with van der Waals surface area (Å²) in [6.45, 7) is 5.56. The van der Waals surface area contributed by atoms with Crippen molar-refractivity contribution in [2.75, 3.05) is 18.0 Å². The van der Waals surface area contributed by atoms with Crippen LogP contribution in [0.3, 0.4) is 0 Å². The fourth-order valence-electron chi connectivity index (χ4n) is 3.45. The minimum Gasteiger partial charge on any atom is -0.370 e. The third kappa shape index (κ3) is 3.92. The third-order valence-corrected chi connectivity index (χ3v) is 5.16. The third-order valence-electron chi connectivity index (χ3n) is 4.86. The predicted molar refractivity (Wildman–Crippen MR) is 91.2 cm³/mol. The number of rotatable bonds is 6. The van der Waals surface area contributed by atoms with Gasteiger partial charge in [0.15, 0.2) is 0 Å². The maximum Gasteiger partial charge on any atom is 0.0642 e. The molecule has 1 aromatic rings. The molecule has 0 radical (unpaired) electrons. The van der Waals surface area contributed by atoms with Crippen LogP contribution in [0, 0.1) is 5.92 Å². The van der Waals surface area contributed by atoms with Gasteiger partial charge in [-0.3, -0.25) is 0 Å². The lowest BCUT2D eigenvalue weighted by molar-refractivity contribution is 0.378. The van der Waals surface area contributed by atoms with Crippen LogP contribution in [0.1, 0.15) is 51.0 Å². The van der Waals surface area contributed by atoms with Gasteiger partial charge in [0.25, 0.3) is 0 Å². The summed E-state index contributed by atoms with van der Waals surface area (Å²) in [7, 11) is 0. The number of halogens is 1. The van der Waals surface area contributed by atoms with E-state index in [1.54, 1.807) is 0 Å². The second kappa shape index (κ2) is 7.02. The fraction of sp³-hybridized carbons (Fsp3) is 0.667. The first kappa shape index (κ1) is 15.2. The fourth-order valence-corrected chi connectivity index (χ4v) is 3.77. The quantitative estimate of drug-likeness (QED) is 0.825. The molecule has 3 heteroatoms. The largest absolute Gasteiger partial charge is 0.370 e. The molecule has 0 unspecified atom stereocenters. The highest BCUT2D eigenvalue weighted by Gasteiger charge is 2.24. The normalized spacial score (nSPS) is 20.0. The molecule has 0 bridgehead atoms. The van der Waals surface area contributed by atoms with Gasteiger partial charge in [0, 0.05) is 25.7 Å². The molecular formula is C18H27ClN2. The smallest absolute Gasteiger partial charge is 0.0642 e. The molecule has 2 fully saturated rings. The van der Waals surface area contributed by atoms with Crippen LogP contribution in [0.2, 0.25) is 5.02 Å². The van der Waals surface area contributed by atoms with Crippen molar-refractivity contribution >= 4 is 17.3 Å². The number of nitrogens with one attached hydrogen (secondary N) is 1. The molecule has 1 aliphatic carbocycles. The molecule has 3 rings (SSSR count). The number of anilines is 1. The van der Waals surface area contributed by atoms with E-state index in [4.69, 9.17) is 11.6 Å². The highest BCUT2D eigenvalue weighted by Crippen LogP contribution is 2.34. The van der Waals surface area contributed by atoms with Crippen molar-refractivity contribution in [3.8, 4) is 0 Å². The lowest BCUT2D eigenvalue weighted by Gasteiger charge is -2.35. The average molecular weight is 307 g/mol. The maximum atomic E-state index is 6.52. The minimum absolute atomic E-state index is 0.743. The Balaban J connectivity index is 1.68. The van der Waals surface area contributed by atoms with Gasteiger partial charge in [-0.2, -0.15) is 0 Å². The summed E-state index contributed by atoms with van der Waals surface area (Å²) in [5.74, 6) is 0.918. The van der Waals surface area contributed by atoms with Crippen molar-refractivity contribution in [2.45, 2.75) is 58.0 Å². The van der Waals surface area contributed by atoms with Crippen molar-refractivity contribution in [3.63, 3.8) is 0 Å². The number of hydrogen-bond acceptors (Lipinski definition) is 2. The van der Waals surface area contributed by atoms with Crippen LogP contribution in [-0.4, -0.2) is 19.1 Å². The second-order valence-electron chi connectivity index (χ2n) is 6.62. The van der Waals surface area contributed by atoms with Gasteiger partial charge in [-0.05, 0) is 43.2 Å². The van der Waals surface area contributed by atoms with Crippen molar-refractivity contribution in [2.24, 2.45) is 5.92 Å². The first-order valence-corrected chi connectivity index (χ1v) is 8.91. The lowest BCUT2D eigenvalue weighted by atomic mass is 9.92. The Morgan fingerprint density at radius 2 is 1.95 bits per heavy atom. The monoisotopic (exact) mass is 306 g/mol. The molecule has 0 aromatic heterocycles. The van der Waals surface area contributed by atoms with Crippen LogP contribution in [0.4, 0.5) is 5.69 Å². The Morgan fingerprint density at radius 3 is 2.62 bits per heavy atom. The number of benzene rings is 1. The van der Waals surface area contributed by atoms with E-state index < -0.39 is 0 Å². The summed E-state index contributed by atoms with van der Waals surface area (Å²) in [5, 5.41) is 4.54. The summed E-state index contributed by atoms with van der Waals surface area (Å²) in [5.41, 5.74) is 2.64. The summed E-state index contributed by atoms with van der Waals surface area (Å²) in [4.78, 5) is 2.51. The summed E-state index contributed by atoms with van der Waals surface area (Å²) in [6.07, 6.45) is 7.99. The molecule has 116 valence electrons. The zero-order valence-electron chi connectivity index (χ0n) is 13.1. The molecule has 1 aromatic carbocycles. The van der Waals surface area contributed by atoms with Gasteiger partial charge < -0.3 is 10.2 Å². The van der Waals surface area contributed by atoms with Crippen LogP contribution in [0.5, 0.6) is 0 Å². The number of hydrogen-bond donors (Lipinski definition) is 1. The first-order valence-electron chi connectivity index (χ1n) is 8.53. The van der Waals surface area contributed by atoms with Gasteiger partial charge in [-0.15, -0.1) is 0 Å². The Hall–Kier alpha value is -0.730. The number of piperidine rings is 1. The van der Waals surface area contributed by atoms with E-state index in [1.165, 1.54) is 49.8 Å². The SMILES string of the molecule is CCCC1CCN(c2c(Cl)cccc2CNC2CC2)CC1. The standard InChI is InChI=1S/C18H27ClN2/c1-2-4-14-9-11-21(12-10-14)18-15(5-3-6-17(18)19)13-20-16-7-8-16/h3,5-6,14,16,20H,2,4,7-13H2,1H3. The molecule has 0 atom stereocenters. The van der Waals surface area contributed by atoms with Crippen molar-refractivity contribution in [3.05, 3.63) is 28.8 Å². The van der Waals surface area contributed by atoms with E-state index in [0.717, 1.165) is 36.6 Å². The zero-order valence-corrected chi connectivity index (χ0v) is 13.8. The number of para-hydroxylation sites is 1. The minimum atomic E-state index is 0.743. The highest BCUT2D eigenvalue weighted by molar-refractivity contribution is 6.33. The Morgan fingerprint density at radius 1 is 1.19 bits per heavy atom. The second-order valence-corrected chi connectivity index (χ2v) is 7.03. The van der Waals surface area contributed by atoms with E-state index in [-0.39, 0.29) is 0 Å². The van der Waals surface area contributed by atoms with Crippen molar-refractivity contribution in [1.82, 2.24) is 5.32 Å². The predicted octanol–water partition coefficient (Wildman–Crippen LogP) is 4.61. The average Bonchev–Trinajstić information content (AvgIpc) is 3.31. The molecule has 1 N–H and O–H groups in total. The lowest BCUT2D eigenvalue weighted by Crippen LogP contribution is -2.35. The molecule has 1 saturated heterocycles. The molecule has 1 heterocycles. The summed E-state index contributed by atoms with van der Waals surface area (Å²) >= 11 is 6.52. The highest BCUT2D eigenvalue weighted by atomic mass is 35.5. The molecule has 2 nitrogen and oxygen atoms in total. The van der Waals surface area contributed by atoms with Crippen molar-refractivity contribution in [1.29, 1.82) is 0 Å². The van der Waals surface area contributed by atoms with Crippen LogP contribution >= 0.6 is 11.6 Å². The Kier molecular flexibility index (Phi) is 5.07. The molecule has 0 spiro atoms. The van der Waals surface area contributed by atoms with E-state index in [9.17, 15) is 0 Å². The molecule has 1 saturated carbocycles. The Bertz CT molecular complexity index is 462. The summed E-state index contributed by atoms with van der Waals surface area (Å²) < 4.78 is 0. The topological polar surface area (TPSA) is 15.3 Å². The molecule has 0 amide bonds. The van der Waals surface area contributed by atoms with E-state index in [2.05, 4.69) is 29.3 Å². The van der Waals surface area contributed by atoms with E-state index in [0.29, 0.717) is 0 Å². The molecule has 21 heavy (non-hydrogen) atoms. The van der Waals surface area contributed by atoms with Gasteiger partial charge in [-0.25, -0.2) is 0 Å². The van der Waals surface area contributed by atoms with Crippen LogP contribution < -0.4 is 10.2 Å². The van der Waals surface area contributed by atoms with Gasteiger partial charge in [0.05, 0.1) is 10.7 Å². The van der Waals surface area contributed by atoms with Gasteiger partial charge in [0.1, 0.15) is 0 Å². The number of nitrogens with zero attached hydrogens (tertiary/aromatic N) is 1. The Labute approximate surface area is 133 Å². The van der Waals surface area contributed by atoms with Gasteiger partial charge in [-0.1, -0.05) is 43.5 Å². The molecular weight excluding hydrogens is 280 g/mol. The first-order chi connectivity index (χ1) is 10.3. The van der Waals surface area contributed by atoms with E-state index in [1.807, 2.05) is 6.07 Å². The summed E-state index contributed by atoms with van der Waals surface area (Å²) in [6, 6.07) is 7.09. The van der Waals surface area contributed by atoms with Crippen LogP contribution in [-0.2, 0) is 6.54 Å². The molecule has 1 aliphatic heterocycles. The maximum absolute atomic E-state index is 6.52. The van der Waals surface area contributed by atoms with Crippen LogP contribution in [0.25, 0.3) is 0 Å². The van der Waals surface area contributed by atoms with E-state index >= 15 is 0 Å². The van der Waals surface area contributed by atoms with Crippen LogP contribution in [0.15, 0.2) is 18.2 Å². The van der Waals surface area contributed by atoms with Gasteiger partial charge in [0.2, 0.25) is 0 Å². The van der Waals surface area contributed by atoms with Gasteiger partial charge >= 0.3 is 0 Å². The molecule has 2 aliphatic rings.